The van der Waals surface area contributed by atoms with E-state index in [0.717, 1.165) is 0 Å². The zero-order chi connectivity index (χ0) is 12.5. The van der Waals surface area contributed by atoms with E-state index in [2.05, 4.69) is 4.99 Å². The first-order chi connectivity index (χ1) is 8.04. The van der Waals surface area contributed by atoms with Crippen molar-refractivity contribution in [3.05, 3.63) is 36.4 Å². The molecule has 2 aromatic carbocycles. The highest BCUT2D eigenvalue weighted by atomic mass is 32.2. The Labute approximate surface area is 97.2 Å². The summed E-state index contributed by atoms with van der Waals surface area (Å²) in [6.45, 7) is 0. The molecule has 0 spiro atoms. The van der Waals surface area contributed by atoms with Crippen molar-refractivity contribution in [3.8, 4) is 0 Å². The second kappa shape index (κ2) is 4.10. The molecule has 6 heteroatoms. The summed E-state index contributed by atoms with van der Waals surface area (Å²) in [4.78, 5) is 13.3. The van der Waals surface area contributed by atoms with Gasteiger partial charge in [-0.1, -0.05) is 30.3 Å². The zero-order valence-corrected chi connectivity index (χ0v) is 9.31. The van der Waals surface area contributed by atoms with Gasteiger partial charge in [0.15, 0.2) is 0 Å². The largest absolute Gasteiger partial charge is 0.296 e. The van der Waals surface area contributed by atoms with Gasteiger partial charge < -0.3 is 0 Å². The van der Waals surface area contributed by atoms with Crippen molar-refractivity contribution in [2.75, 3.05) is 0 Å². The molecule has 86 valence electrons. The standard InChI is InChI=1S/C11H7NO4S/c13-7-12-11-9-4-2-1-3-8(9)5-6-10(11)17(14,15)16/h1-6H,(H,14,15,16). The van der Waals surface area contributed by atoms with E-state index in [1.165, 1.54) is 18.2 Å². The van der Waals surface area contributed by atoms with Crippen molar-refractivity contribution in [3.63, 3.8) is 0 Å². The number of rotatable bonds is 2. The van der Waals surface area contributed by atoms with E-state index in [1.54, 1.807) is 24.3 Å². The highest BCUT2D eigenvalue weighted by Gasteiger charge is 2.17. The van der Waals surface area contributed by atoms with Crippen LogP contribution in [0.25, 0.3) is 10.8 Å². The van der Waals surface area contributed by atoms with Crippen LogP contribution in [0.2, 0.25) is 0 Å². The number of carbonyl (C=O) groups excluding carboxylic acids is 1. The molecule has 0 saturated heterocycles. The van der Waals surface area contributed by atoms with Gasteiger partial charge in [0, 0.05) is 5.39 Å². The van der Waals surface area contributed by atoms with E-state index in [4.69, 9.17) is 4.55 Å². The van der Waals surface area contributed by atoms with Crippen LogP contribution in [0.15, 0.2) is 46.3 Å². The first-order valence-electron chi connectivity index (χ1n) is 4.61. The predicted molar refractivity (Wildman–Crippen MR) is 61.5 cm³/mol. The molecule has 2 rings (SSSR count). The maximum Gasteiger partial charge on any atom is 0.296 e. The molecule has 0 aliphatic heterocycles. The normalized spacial score (nSPS) is 11.1. The SMILES string of the molecule is O=C=Nc1c(S(=O)(=O)O)ccc2ccccc12. The zero-order valence-electron chi connectivity index (χ0n) is 8.49. The topological polar surface area (TPSA) is 83.8 Å². The number of aliphatic imine (C=N–C) groups is 1. The Hall–Kier alpha value is -2.01. The Morgan fingerprint density at radius 3 is 2.47 bits per heavy atom. The lowest BCUT2D eigenvalue weighted by Crippen LogP contribution is -1.98. The molecule has 0 heterocycles. The van der Waals surface area contributed by atoms with Crippen LogP contribution in [0.4, 0.5) is 5.69 Å². The van der Waals surface area contributed by atoms with Crippen LogP contribution in [-0.4, -0.2) is 19.1 Å². The molecule has 5 nitrogen and oxygen atoms in total. The molecule has 0 saturated carbocycles. The lowest BCUT2D eigenvalue weighted by atomic mass is 10.1. The van der Waals surface area contributed by atoms with Gasteiger partial charge in [0.2, 0.25) is 6.08 Å². The van der Waals surface area contributed by atoms with Crippen LogP contribution in [0, 0.1) is 0 Å². The van der Waals surface area contributed by atoms with Crippen molar-refractivity contribution in [1.29, 1.82) is 0 Å². The van der Waals surface area contributed by atoms with Crippen molar-refractivity contribution >= 4 is 32.7 Å². The summed E-state index contributed by atoms with van der Waals surface area (Å²) < 4.78 is 31.3. The first-order valence-corrected chi connectivity index (χ1v) is 6.05. The average molecular weight is 249 g/mol. The van der Waals surface area contributed by atoms with Gasteiger partial charge >= 0.3 is 0 Å². The number of isocyanates is 1. The third-order valence-electron chi connectivity index (χ3n) is 2.30. The summed E-state index contributed by atoms with van der Waals surface area (Å²) in [5, 5.41) is 1.18. The van der Waals surface area contributed by atoms with Crippen LogP contribution in [0.1, 0.15) is 0 Å². The molecule has 2 aromatic rings. The van der Waals surface area contributed by atoms with E-state index < -0.39 is 15.0 Å². The fourth-order valence-corrected chi connectivity index (χ4v) is 2.24. The summed E-state index contributed by atoms with van der Waals surface area (Å²) in [5.41, 5.74) is -0.0967. The molecule has 0 aliphatic rings. The van der Waals surface area contributed by atoms with Gasteiger partial charge in [0.1, 0.15) is 10.6 Å². The molecular weight excluding hydrogens is 242 g/mol. The van der Waals surface area contributed by atoms with E-state index in [9.17, 15) is 13.2 Å². The fraction of sp³-hybridized carbons (Fsp3) is 0. The summed E-state index contributed by atoms with van der Waals surface area (Å²) in [6, 6.07) is 9.53. The molecule has 17 heavy (non-hydrogen) atoms. The Balaban J connectivity index is 2.97. The maximum absolute atomic E-state index is 11.1. The minimum atomic E-state index is -4.42. The molecule has 0 atom stereocenters. The van der Waals surface area contributed by atoms with E-state index >= 15 is 0 Å². The molecule has 0 unspecified atom stereocenters. The number of hydrogen-bond acceptors (Lipinski definition) is 4. The molecule has 0 amide bonds. The van der Waals surface area contributed by atoms with Gasteiger partial charge in [-0.25, -0.2) is 4.79 Å². The third kappa shape index (κ3) is 2.09. The Morgan fingerprint density at radius 1 is 1.12 bits per heavy atom. The van der Waals surface area contributed by atoms with E-state index in [-0.39, 0.29) is 5.69 Å². The van der Waals surface area contributed by atoms with Crippen LogP contribution < -0.4 is 0 Å². The Morgan fingerprint density at radius 2 is 1.82 bits per heavy atom. The minimum Gasteiger partial charge on any atom is -0.282 e. The first kappa shape index (κ1) is 11.5. The maximum atomic E-state index is 11.1. The van der Waals surface area contributed by atoms with Crippen molar-refractivity contribution in [2.45, 2.75) is 4.90 Å². The Bertz CT molecular complexity index is 730. The van der Waals surface area contributed by atoms with Gasteiger partial charge in [-0.3, -0.25) is 4.55 Å². The molecule has 0 aromatic heterocycles. The van der Waals surface area contributed by atoms with Crippen molar-refractivity contribution in [1.82, 2.24) is 0 Å². The highest BCUT2D eigenvalue weighted by Crippen LogP contribution is 2.32. The monoisotopic (exact) mass is 249 g/mol. The lowest BCUT2D eigenvalue weighted by molar-refractivity contribution is 0.483. The number of benzene rings is 2. The summed E-state index contributed by atoms with van der Waals surface area (Å²) >= 11 is 0. The van der Waals surface area contributed by atoms with Gasteiger partial charge in [0.25, 0.3) is 10.1 Å². The van der Waals surface area contributed by atoms with E-state index in [1.807, 2.05) is 0 Å². The van der Waals surface area contributed by atoms with Crippen molar-refractivity contribution in [2.24, 2.45) is 4.99 Å². The molecule has 0 bridgehead atoms. The molecule has 0 radical (unpaired) electrons. The quantitative estimate of drug-likeness (QED) is 0.501. The lowest BCUT2D eigenvalue weighted by Gasteiger charge is -2.05. The second-order valence-corrected chi connectivity index (χ2v) is 4.70. The number of fused-ring (bicyclic) bond motifs is 1. The number of nitrogens with zero attached hydrogens (tertiary/aromatic N) is 1. The van der Waals surface area contributed by atoms with Crippen LogP contribution in [-0.2, 0) is 14.9 Å². The predicted octanol–water partition coefficient (Wildman–Crippen LogP) is 2.05. The fourth-order valence-electron chi connectivity index (χ4n) is 1.60. The van der Waals surface area contributed by atoms with Gasteiger partial charge in [-0.05, 0) is 11.5 Å². The molecular formula is C11H7NO4S. The molecule has 0 aliphatic carbocycles. The minimum absolute atomic E-state index is 0.0967. The molecule has 1 N–H and O–H groups in total. The van der Waals surface area contributed by atoms with Crippen molar-refractivity contribution < 1.29 is 17.8 Å². The second-order valence-electron chi connectivity index (χ2n) is 3.31. The van der Waals surface area contributed by atoms with E-state index in [0.29, 0.717) is 10.8 Å². The van der Waals surface area contributed by atoms with Crippen LogP contribution in [0.5, 0.6) is 0 Å². The summed E-state index contributed by atoms with van der Waals surface area (Å²) in [6.07, 6.45) is 1.29. The highest BCUT2D eigenvalue weighted by molar-refractivity contribution is 7.86. The average Bonchev–Trinajstić information content (AvgIpc) is 2.28. The van der Waals surface area contributed by atoms with Gasteiger partial charge in [0.05, 0.1) is 0 Å². The third-order valence-corrected chi connectivity index (χ3v) is 3.18. The van der Waals surface area contributed by atoms with Gasteiger partial charge in [-0.15, -0.1) is 0 Å². The number of hydrogen-bond donors (Lipinski definition) is 1. The van der Waals surface area contributed by atoms with Crippen LogP contribution >= 0.6 is 0 Å². The Kier molecular flexibility index (Phi) is 2.77. The smallest absolute Gasteiger partial charge is 0.282 e. The van der Waals surface area contributed by atoms with Gasteiger partial charge in [-0.2, -0.15) is 13.4 Å². The summed E-state index contributed by atoms with van der Waals surface area (Å²) in [7, 11) is -4.42. The van der Waals surface area contributed by atoms with Crippen LogP contribution in [0.3, 0.4) is 0 Å². The molecule has 0 fully saturated rings. The summed E-state index contributed by atoms with van der Waals surface area (Å²) in [5.74, 6) is 0.